The standard InChI is InChI=1S/C14H13ClN4S/c1-2-16-12-9-19-7-6-17-13(19)14(18-12)20-11-5-3-4-10(15)8-11/h3-9,16H,2H2,1H3. The molecular formula is C14H13ClN4S. The van der Waals surface area contributed by atoms with Crippen LogP contribution in [0.1, 0.15) is 6.92 Å². The van der Waals surface area contributed by atoms with Crippen LogP contribution in [0.4, 0.5) is 5.82 Å². The van der Waals surface area contributed by atoms with Gasteiger partial charge in [-0.3, -0.25) is 0 Å². The van der Waals surface area contributed by atoms with E-state index >= 15 is 0 Å². The van der Waals surface area contributed by atoms with Crippen LogP contribution in [-0.2, 0) is 0 Å². The molecular weight excluding hydrogens is 292 g/mol. The maximum atomic E-state index is 6.02. The number of rotatable bonds is 4. The Morgan fingerprint density at radius 2 is 2.30 bits per heavy atom. The summed E-state index contributed by atoms with van der Waals surface area (Å²) in [6.07, 6.45) is 5.63. The Balaban J connectivity index is 2.02. The van der Waals surface area contributed by atoms with Crippen LogP contribution in [0.15, 0.2) is 52.8 Å². The van der Waals surface area contributed by atoms with Gasteiger partial charge >= 0.3 is 0 Å². The third kappa shape index (κ3) is 2.73. The fraction of sp³-hybridized carbons (Fsp3) is 0.143. The van der Waals surface area contributed by atoms with Gasteiger partial charge in [-0.15, -0.1) is 0 Å². The van der Waals surface area contributed by atoms with Crippen molar-refractivity contribution in [3.8, 4) is 0 Å². The van der Waals surface area contributed by atoms with Gasteiger partial charge < -0.3 is 9.72 Å². The van der Waals surface area contributed by atoms with Crippen LogP contribution >= 0.6 is 23.4 Å². The molecule has 0 saturated heterocycles. The third-order valence-electron chi connectivity index (χ3n) is 2.71. The normalized spacial score (nSPS) is 10.9. The second kappa shape index (κ2) is 5.73. The molecule has 20 heavy (non-hydrogen) atoms. The van der Waals surface area contributed by atoms with Crippen LogP contribution in [0.2, 0.25) is 5.02 Å². The summed E-state index contributed by atoms with van der Waals surface area (Å²) < 4.78 is 1.97. The van der Waals surface area contributed by atoms with Crippen molar-refractivity contribution in [3.05, 3.63) is 47.9 Å². The average Bonchev–Trinajstić information content (AvgIpc) is 2.87. The van der Waals surface area contributed by atoms with Crippen molar-refractivity contribution < 1.29 is 0 Å². The van der Waals surface area contributed by atoms with E-state index in [1.54, 1.807) is 18.0 Å². The van der Waals surface area contributed by atoms with Gasteiger partial charge in [0.1, 0.15) is 10.8 Å². The first-order valence-electron chi connectivity index (χ1n) is 6.27. The van der Waals surface area contributed by atoms with Gasteiger partial charge in [0.25, 0.3) is 0 Å². The second-order valence-electron chi connectivity index (χ2n) is 4.18. The number of halogens is 1. The molecule has 3 aromatic rings. The van der Waals surface area contributed by atoms with Crippen LogP contribution in [0.5, 0.6) is 0 Å². The molecule has 6 heteroatoms. The molecule has 0 saturated carbocycles. The highest BCUT2D eigenvalue weighted by molar-refractivity contribution is 7.99. The topological polar surface area (TPSA) is 42.2 Å². The van der Waals surface area contributed by atoms with E-state index in [0.717, 1.165) is 33.0 Å². The van der Waals surface area contributed by atoms with Gasteiger partial charge in [-0.05, 0) is 25.1 Å². The number of fused-ring (bicyclic) bond motifs is 1. The molecule has 0 unspecified atom stereocenters. The first kappa shape index (κ1) is 13.3. The molecule has 2 aromatic heterocycles. The Labute approximate surface area is 126 Å². The Kier molecular flexibility index (Phi) is 3.80. The molecule has 0 radical (unpaired) electrons. The highest BCUT2D eigenvalue weighted by Gasteiger charge is 2.09. The lowest BCUT2D eigenvalue weighted by molar-refractivity contribution is 1.01. The van der Waals surface area contributed by atoms with E-state index in [-0.39, 0.29) is 0 Å². The molecule has 2 heterocycles. The minimum absolute atomic E-state index is 0.720. The van der Waals surface area contributed by atoms with E-state index in [1.807, 2.05) is 48.0 Å². The highest BCUT2D eigenvalue weighted by Crippen LogP contribution is 2.31. The van der Waals surface area contributed by atoms with Gasteiger partial charge in [0.2, 0.25) is 0 Å². The van der Waals surface area contributed by atoms with Gasteiger partial charge in [0.15, 0.2) is 5.65 Å². The fourth-order valence-electron chi connectivity index (χ4n) is 1.88. The number of hydrogen-bond donors (Lipinski definition) is 1. The summed E-state index contributed by atoms with van der Waals surface area (Å²) in [5, 5.41) is 4.80. The van der Waals surface area contributed by atoms with Crippen LogP contribution in [0.3, 0.4) is 0 Å². The van der Waals surface area contributed by atoms with Crippen molar-refractivity contribution in [1.29, 1.82) is 0 Å². The minimum Gasteiger partial charge on any atom is -0.369 e. The summed E-state index contributed by atoms with van der Waals surface area (Å²) >= 11 is 7.58. The predicted octanol–water partition coefficient (Wildman–Crippen LogP) is 3.97. The third-order valence-corrected chi connectivity index (χ3v) is 3.90. The number of nitrogens with zero attached hydrogens (tertiary/aromatic N) is 3. The van der Waals surface area contributed by atoms with Crippen LogP contribution in [0, 0.1) is 0 Å². The van der Waals surface area contributed by atoms with Crippen LogP contribution < -0.4 is 5.32 Å². The number of imidazole rings is 1. The molecule has 0 spiro atoms. The van der Waals surface area contributed by atoms with E-state index in [2.05, 4.69) is 15.3 Å². The molecule has 102 valence electrons. The SMILES string of the molecule is CCNc1cn2ccnc2c(Sc2cccc(Cl)c2)n1. The van der Waals surface area contributed by atoms with Gasteiger partial charge in [0.05, 0.1) is 6.20 Å². The second-order valence-corrected chi connectivity index (χ2v) is 5.68. The molecule has 0 fully saturated rings. The Hall–Kier alpha value is -1.72. The average molecular weight is 305 g/mol. The van der Waals surface area contributed by atoms with Crippen LogP contribution in [-0.4, -0.2) is 20.9 Å². The Morgan fingerprint density at radius 3 is 3.10 bits per heavy atom. The number of nitrogens with one attached hydrogen (secondary N) is 1. The van der Waals surface area contributed by atoms with E-state index in [1.165, 1.54) is 0 Å². The Bertz CT molecular complexity index is 741. The monoisotopic (exact) mass is 304 g/mol. The smallest absolute Gasteiger partial charge is 0.170 e. The molecule has 0 amide bonds. The molecule has 4 nitrogen and oxygen atoms in total. The van der Waals surface area contributed by atoms with Crippen molar-refractivity contribution >= 4 is 34.8 Å². The van der Waals surface area contributed by atoms with Gasteiger partial charge in [-0.1, -0.05) is 29.4 Å². The molecule has 0 aliphatic heterocycles. The van der Waals surface area contributed by atoms with E-state index in [0.29, 0.717) is 0 Å². The van der Waals surface area contributed by atoms with Crippen molar-refractivity contribution in [2.75, 3.05) is 11.9 Å². The van der Waals surface area contributed by atoms with Crippen molar-refractivity contribution in [2.45, 2.75) is 16.8 Å². The van der Waals surface area contributed by atoms with E-state index < -0.39 is 0 Å². The van der Waals surface area contributed by atoms with E-state index in [9.17, 15) is 0 Å². The zero-order valence-corrected chi connectivity index (χ0v) is 12.4. The summed E-state index contributed by atoms with van der Waals surface area (Å²) in [5.74, 6) is 0.836. The van der Waals surface area contributed by atoms with Gasteiger partial charge in [0, 0.05) is 28.9 Å². The molecule has 0 atom stereocenters. The highest BCUT2D eigenvalue weighted by atomic mass is 35.5. The molecule has 0 aliphatic rings. The maximum absolute atomic E-state index is 6.02. The predicted molar refractivity (Wildman–Crippen MR) is 82.7 cm³/mol. The van der Waals surface area contributed by atoms with Gasteiger partial charge in [-0.25, -0.2) is 9.97 Å². The lowest BCUT2D eigenvalue weighted by Gasteiger charge is -2.08. The Morgan fingerprint density at radius 1 is 1.40 bits per heavy atom. The number of anilines is 1. The zero-order chi connectivity index (χ0) is 13.9. The minimum atomic E-state index is 0.720. The molecule has 0 aliphatic carbocycles. The summed E-state index contributed by atoms with van der Waals surface area (Å²) in [5.41, 5.74) is 0.844. The van der Waals surface area contributed by atoms with Crippen molar-refractivity contribution in [3.63, 3.8) is 0 Å². The van der Waals surface area contributed by atoms with Crippen LogP contribution in [0.25, 0.3) is 5.65 Å². The van der Waals surface area contributed by atoms with E-state index in [4.69, 9.17) is 11.6 Å². The lowest BCUT2D eigenvalue weighted by atomic mass is 10.4. The molecule has 1 aromatic carbocycles. The summed E-state index contributed by atoms with van der Waals surface area (Å²) in [7, 11) is 0. The number of aromatic nitrogens is 3. The van der Waals surface area contributed by atoms with Crippen molar-refractivity contribution in [1.82, 2.24) is 14.4 Å². The molecule has 1 N–H and O–H groups in total. The maximum Gasteiger partial charge on any atom is 0.170 e. The quantitative estimate of drug-likeness (QED) is 0.792. The first-order valence-corrected chi connectivity index (χ1v) is 7.46. The fourth-order valence-corrected chi connectivity index (χ4v) is 3.08. The summed E-state index contributed by atoms with van der Waals surface area (Å²) in [6.45, 7) is 2.87. The number of benzene rings is 1. The summed E-state index contributed by atoms with van der Waals surface area (Å²) in [6, 6.07) is 7.73. The zero-order valence-electron chi connectivity index (χ0n) is 10.9. The number of hydrogen-bond acceptors (Lipinski definition) is 4. The molecule has 3 rings (SSSR count). The summed E-state index contributed by atoms with van der Waals surface area (Å²) in [4.78, 5) is 10.0. The molecule has 0 bridgehead atoms. The van der Waals surface area contributed by atoms with Crippen molar-refractivity contribution in [2.24, 2.45) is 0 Å². The van der Waals surface area contributed by atoms with Gasteiger partial charge in [-0.2, -0.15) is 0 Å². The lowest BCUT2D eigenvalue weighted by Crippen LogP contribution is -2.02. The first-order chi connectivity index (χ1) is 9.76. The largest absolute Gasteiger partial charge is 0.369 e.